The van der Waals surface area contributed by atoms with Crippen LogP contribution in [0.4, 0.5) is 4.39 Å². The maximum Gasteiger partial charge on any atom is 0.337 e. The molecule has 0 aliphatic carbocycles. The molecule has 2 rings (SSSR count). The monoisotopic (exact) mass is 330 g/mol. The number of benzene rings is 2. The average molecular weight is 330 g/mol. The van der Waals surface area contributed by atoms with E-state index >= 15 is 0 Å². The quantitative estimate of drug-likeness (QED) is 0.650. The minimum atomic E-state index is -1.13. The first-order valence-electron chi connectivity index (χ1n) is 7.00. The standard InChI is InChI=1S/C18H15FO5/c1-23-18(22)13-4-2-12(3-5-13)10-14(17(20)21)11-24-16-8-6-15(19)7-9-16/h2-10H,11H2,1H3,(H,20,21)/b14-10-. The molecule has 0 saturated carbocycles. The molecule has 0 amide bonds. The van der Waals surface area contributed by atoms with Gasteiger partial charge in [0.15, 0.2) is 0 Å². The lowest BCUT2D eigenvalue weighted by molar-refractivity contribution is -0.132. The maximum atomic E-state index is 12.8. The first-order valence-corrected chi connectivity index (χ1v) is 7.00. The normalized spacial score (nSPS) is 11.0. The Hall–Kier alpha value is -3.15. The highest BCUT2D eigenvalue weighted by Crippen LogP contribution is 2.14. The molecule has 0 aromatic heterocycles. The van der Waals surface area contributed by atoms with Crippen molar-refractivity contribution in [3.63, 3.8) is 0 Å². The van der Waals surface area contributed by atoms with Gasteiger partial charge < -0.3 is 14.6 Å². The number of carboxylic acids is 1. The fourth-order valence-corrected chi connectivity index (χ4v) is 1.89. The highest BCUT2D eigenvalue weighted by Gasteiger charge is 2.10. The van der Waals surface area contributed by atoms with Crippen LogP contribution in [-0.4, -0.2) is 30.8 Å². The molecular formula is C18H15FO5. The smallest absolute Gasteiger partial charge is 0.337 e. The van der Waals surface area contributed by atoms with Crippen LogP contribution < -0.4 is 4.74 Å². The van der Waals surface area contributed by atoms with Crippen molar-refractivity contribution >= 4 is 18.0 Å². The molecule has 0 bridgehead atoms. The number of hydrogen-bond donors (Lipinski definition) is 1. The van der Waals surface area contributed by atoms with Crippen molar-refractivity contribution in [2.24, 2.45) is 0 Å². The van der Waals surface area contributed by atoms with Crippen molar-refractivity contribution in [3.8, 4) is 5.75 Å². The minimum absolute atomic E-state index is 0.0187. The first kappa shape index (κ1) is 17.2. The summed E-state index contributed by atoms with van der Waals surface area (Å²) in [7, 11) is 1.28. The maximum absolute atomic E-state index is 12.8. The minimum Gasteiger partial charge on any atom is -0.489 e. The molecule has 0 fully saturated rings. The number of esters is 1. The topological polar surface area (TPSA) is 72.8 Å². The van der Waals surface area contributed by atoms with Crippen LogP contribution in [0.15, 0.2) is 54.1 Å². The van der Waals surface area contributed by atoms with Crippen molar-refractivity contribution in [2.75, 3.05) is 13.7 Å². The summed E-state index contributed by atoms with van der Waals surface area (Å²) >= 11 is 0. The summed E-state index contributed by atoms with van der Waals surface area (Å²) in [4.78, 5) is 22.7. The number of aliphatic carboxylic acids is 1. The van der Waals surface area contributed by atoms with E-state index in [4.69, 9.17) is 4.74 Å². The van der Waals surface area contributed by atoms with E-state index in [0.29, 0.717) is 16.9 Å². The highest BCUT2D eigenvalue weighted by molar-refractivity contribution is 5.93. The van der Waals surface area contributed by atoms with Gasteiger partial charge in [-0.2, -0.15) is 0 Å². The van der Waals surface area contributed by atoms with Gasteiger partial charge in [-0.05, 0) is 48.0 Å². The predicted octanol–water partition coefficient (Wildman–Crippen LogP) is 3.16. The van der Waals surface area contributed by atoms with E-state index in [1.807, 2.05) is 0 Å². The van der Waals surface area contributed by atoms with Crippen molar-refractivity contribution < 1.29 is 28.6 Å². The molecule has 6 heteroatoms. The summed E-state index contributed by atoms with van der Waals surface area (Å²) in [6.45, 7) is -0.181. The van der Waals surface area contributed by atoms with Crippen LogP contribution in [-0.2, 0) is 9.53 Å². The van der Waals surface area contributed by atoms with Gasteiger partial charge in [-0.25, -0.2) is 14.0 Å². The Morgan fingerprint density at radius 3 is 2.25 bits per heavy atom. The third kappa shape index (κ3) is 4.67. The number of ether oxygens (including phenoxy) is 2. The molecule has 0 unspecified atom stereocenters. The molecule has 0 saturated heterocycles. The second-order valence-electron chi connectivity index (χ2n) is 4.83. The largest absolute Gasteiger partial charge is 0.489 e. The van der Waals surface area contributed by atoms with Crippen LogP contribution in [0.25, 0.3) is 6.08 Å². The molecule has 0 heterocycles. The number of halogens is 1. The van der Waals surface area contributed by atoms with E-state index in [0.717, 1.165) is 0 Å². The zero-order valence-electron chi connectivity index (χ0n) is 12.9. The lowest BCUT2D eigenvalue weighted by Crippen LogP contribution is -2.10. The summed E-state index contributed by atoms with van der Waals surface area (Å²) in [5.41, 5.74) is 0.988. The van der Waals surface area contributed by atoms with Gasteiger partial charge in [0.1, 0.15) is 18.2 Å². The molecule has 0 atom stereocenters. The average Bonchev–Trinajstić information content (AvgIpc) is 2.59. The Kier molecular flexibility index (Phi) is 5.68. The van der Waals surface area contributed by atoms with Crippen LogP contribution in [0.2, 0.25) is 0 Å². The van der Waals surface area contributed by atoms with E-state index < -0.39 is 17.8 Å². The van der Waals surface area contributed by atoms with Gasteiger partial charge in [0, 0.05) is 0 Å². The highest BCUT2D eigenvalue weighted by atomic mass is 19.1. The molecule has 24 heavy (non-hydrogen) atoms. The molecule has 124 valence electrons. The van der Waals surface area contributed by atoms with Gasteiger partial charge in [0.25, 0.3) is 0 Å². The molecule has 0 aliphatic heterocycles. The molecule has 2 aromatic rings. The lowest BCUT2D eigenvalue weighted by atomic mass is 10.1. The van der Waals surface area contributed by atoms with E-state index in [-0.39, 0.29) is 12.2 Å². The number of hydrogen-bond acceptors (Lipinski definition) is 4. The third-order valence-corrected chi connectivity index (χ3v) is 3.16. The van der Waals surface area contributed by atoms with Crippen molar-refractivity contribution in [1.29, 1.82) is 0 Å². The number of methoxy groups -OCH3 is 1. The Morgan fingerprint density at radius 2 is 1.71 bits per heavy atom. The predicted molar refractivity (Wildman–Crippen MR) is 85.3 cm³/mol. The fraction of sp³-hybridized carbons (Fsp3) is 0.111. The molecular weight excluding hydrogens is 315 g/mol. The molecule has 1 N–H and O–H groups in total. The Labute approximate surface area is 137 Å². The summed E-state index contributed by atoms with van der Waals surface area (Å²) in [5.74, 6) is -1.63. The Bertz CT molecular complexity index is 748. The third-order valence-electron chi connectivity index (χ3n) is 3.16. The Morgan fingerprint density at radius 1 is 1.08 bits per heavy atom. The Balaban J connectivity index is 2.11. The summed E-state index contributed by atoms with van der Waals surface area (Å²) in [6.07, 6.45) is 1.44. The number of carboxylic acid groups (broad SMARTS) is 1. The molecule has 0 spiro atoms. The summed E-state index contributed by atoms with van der Waals surface area (Å²) in [5, 5.41) is 9.26. The summed E-state index contributed by atoms with van der Waals surface area (Å²) in [6, 6.07) is 11.6. The van der Waals surface area contributed by atoms with Gasteiger partial charge in [-0.1, -0.05) is 12.1 Å². The molecule has 2 aromatic carbocycles. The zero-order valence-corrected chi connectivity index (χ0v) is 12.9. The fourth-order valence-electron chi connectivity index (χ4n) is 1.89. The van der Waals surface area contributed by atoms with Gasteiger partial charge in [0.05, 0.1) is 18.2 Å². The number of rotatable bonds is 6. The zero-order chi connectivity index (χ0) is 17.5. The van der Waals surface area contributed by atoms with E-state index in [1.165, 1.54) is 49.6 Å². The van der Waals surface area contributed by atoms with Crippen LogP contribution in [0.1, 0.15) is 15.9 Å². The van der Waals surface area contributed by atoms with Crippen molar-refractivity contribution in [3.05, 3.63) is 71.0 Å². The molecule has 0 aliphatic rings. The van der Waals surface area contributed by atoms with E-state index in [1.54, 1.807) is 12.1 Å². The van der Waals surface area contributed by atoms with Crippen LogP contribution in [0, 0.1) is 5.82 Å². The first-order chi connectivity index (χ1) is 11.5. The van der Waals surface area contributed by atoms with Crippen LogP contribution in [0.5, 0.6) is 5.75 Å². The van der Waals surface area contributed by atoms with Gasteiger partial charge in [-0.3, -0.25) is 0 Å². The molecule has 0 radical (unpaired) electrons. The second kappa shape index (κ2) is 7.92. The van der Waals surface area contributed by atoms with E-state index in [9.17, 15) is 19.1 Å². The van der Waals surface area contributed by atoms with Gasteiger partial charge >= 0.3 is 11.9 Å². The van der Waals surface area contributed by atoms with E-state index in [2.05, 4.69) is 4.74 Å². The number of carbonyl (C=O) groups excluding carboxylic acids is 1. The molecule has 5 nitrogen and oxygen atoms in total. The van der Waals surface area contributed by atoms with Gasteiger partial charge in [0.2, 0.25) is 0 Å². The van der Waals surface area contributed by atoms with Crippen LogP contribution in [0.3, 0.4) is 0 Å². The van der Waals surface area contributed by atoms with Crippen molar-refractivity contribution in [2.45, 2.75) is 0 Å². The second-order valence-corrected chi connectivity index (χ2v) is 4.83. The number of carbonyl (C=O) groups is 2. The van der Waals surface area contributed by atoms with Gasteiger partial charge in [-0.15, -0.1) is 0 Å². The lowest BCUT2D eigenvalue weighted by Gasteiger charge is -2.07. The SMILES string of the molecule is COC(=O)c1ccc(/C=C(/COc2ccc(F)cc2)C(=O)O)cc1. The van der Waals surface area contributed by atoms with Crippen LogP contribution >= 0.6 is 0 Å². The van der Waals surface area contributed by atoms with Crippen molar-refractivity contribution in [1.82, 2.24) is 0 Å². The summed E-state index contributed by atoms with van der Waals surface area (Å²) < 4.78 is 22.8.